The molecule has 1 aromatic carbocycles. The third-order valence-electron chi connectivity index (χ3n) is 5.34. The van der Waals surface area contributed by atoms with E-state index in [4.69, 9.17) is 0 Å². The van der Waals surface area contributed by atoms with Crippen molar-refractivity contribution >= 4 is 0 Å². The molecule has 2 aliphatic rings. The molecule has 0 bridgehead atoms. The van der Waals surface area contributed by atoms with Crippen LogP contribution in [-0.4, -0.2) is 25.2 Å². The van der Waals surface area contributed by atoms with Crippen LogP contribution in [0.2, 0.25) is 0 Å². The van der Waals surface area contributed by atoms with Gasteiger partial charge in [0.1, 0.15) is 0 Å². The first kappa shape index (κ1) is 15.1. The Labute approximate surface area is 129 Å². The zero-order chi connectivity index (χ0) is 14.5. The van der Waals surface area contributed by atoms with Gasteiger partial charge < -0.3 is 10.6 Å². The Morgan fingerprint density at radius 1 is 1.14 bits per heavy atom. The van der Waals surface area contributed by atoms with E-state index in [0.717, 1.165) is 31.0 Å². The van der Waals surface area contributed by atoms with Gasteiger partial charge in [-0.15, -0.1) is 0 Å². The first-order valence-corrected chi connectivity index (χ1v) is 8.85. The Bertz CT molecular complexity index is 437. The van der Waals surface area contributed by atoms with Gasteiger partial charge in [0.15, 0.2) is 0 Å². The predicted molar refractivity (Wildman–Crippen MR) is 89.7 cm³/mol. The maximum absolute atomic E-state index is 3.88. The Hall–Kier alpha value is -0.860. The SMILES string of the molecule is Cc1cccc(CCNC2CCCCC2C2CCCN2)c1. The van der Waals surface area contributed by atoms with E-state index in [9.17, 15) is 0 Å². The highest BCUT2D eigenvalue weighted by atomic mass is 15.0. The van der Waals surface area contributed by atoms with Crippen LogP contribution in [0.25, 0.3) is 0 Å². The Balaban J connectivity index is 1.50. The lowest BCUT2D eigenvalue weighted by atomic mass is 9.79. The molecule has 3 atom stereocenters. The molecular formula is C19H30N2. The Kier molecular flexibility index (Phi) is 5.32. The highest BCUT2D eigenvalue weighted by Gasteiger charge is 2.32. The molecule has 0 aromatic heterocycles. The monoisotopic (exact) mass is 286 g/mol. The van der Waals surface area contributed by atoms with E-state index in [1.807, 2.05) is 0 Å². The second kappa shape index (κ2) is 7.42. The molecule has 3 unspecified atom stereocenters. The molecule has 116 valence electrons. The van der Waals surface area contributed by atoms with E-state index >= 15 is 0 Å². The molecule has 2 N–H and O–H groups in total. The van der Waals surface area contributed by atoms with Crippen molar-refractivity contribution in [2.45, 2.75) is 64.0 Å². The van der Waals surface area contributed by atoms with Crippen LogP contribution in [0, 0.1) is 12.8 Å². The molecule has 3 rings (SSSR count). The van der Waals surface area contributed by atoms with Gasteiger partial charge in [0.05, 0.1) is 0 Å². The molecule has 1 aromatic rings. The van der Waals surface area contributed by atoms with Gasteiger partial charge in [-0.25, -0.2) is 0 Å². The smallest absolute Gasteiger partial charge is 0.0111 e. The van der Waals surface area contributed by atoms with Crippen molar-refractivity contribution in [3.8, 4) is 0 Å². The molecule has 0 radical (unpaired) electrons. The van der Waals surface area contributed by atoms with Crippen molar-refractivity contribution in [1.29, 1.82) is 0 Å². The number of nitrogens with one attached hydrogen (secondary N) is 2. The third kappa shape index (κ3) is 4.08. The van der Waals surface area contributed by atoms with Gasteiger partial charge in [-0.3, -0.25) is 0 Å². The van der Waals surface area contributed by atoms with E-state index in [0.29, 0.717) is 0 Å². The fourth-order valence-corrected chi connectivity index (χ4v) is 4.24. The summed E-state index contributed by atoms with van der Waals surface area (Å²) in [4.78, 5) is 0. The van der Waals surface area contributed by atoms with Crippen LogP contribution < -0.4 is 10.6 Å². The molecule has 0 amide bonds. The van der Waals surface area contributed by atoms with Crippen molar-refractivity contribution in [3.63, 3.8) is 0 Å². The summed E-state index contributed by atoms with van der Waals surface area (Å²) in [5.41, 5.74) is 2.84. The highest BCUT2D eigenvalue weighted by molar-refractivity contribution is 5.22. The van der Waals surface area contributed by atoms with Gasteiger partial charge in [-0.05, 0) is 63.6 Å². The summed E-state index contributed by atoms with van der Waals surface area (Å²) in [5.74, 6) is 0.860. The summed E-state index contributed by atoms with van der Waals surface area (Å²) in [7, 11) is 0. The van der Waals surface area contributed by atoms with E-state index in [-0.39, 0.29) is 0 Å². The average Bonchev–Trinajstić information content (AvgIpc) is 3.02. The first-order chi connectivity index (χ1) is 10.3. The fraction of sp³-hybridized carbons (Fsp3) is 0.684. The summed E-state index contributed by atoms with van der Waals surface area (Å²) in [6.45, 7) is 4.54. The Morgan fingerprint density at radius 2 is 2.05 bits per heavy atom. The van der Waals surface area contributed by atoms with Gasteiger partial charge in [0, 0.05) is 12.1 Å². The van der Waals surface area contributed by atoms with Crippen molar-refractivity contribution in [1.82, 2.24) is 10.6 Å². The van der Waals surface area contributed by atoms with E-state index in [2.05, 4.69) is 41.8 Å². The van der Waals surface area contributed by atoms with Crippen LogP contribution in [0.5, 0.6) is 0 Å². The van der Waals surface area contributed by atoms with Crippen molar-refractivity contribution < 1.29 is 0 Å². The topological polar surface area (TPSA) is 24.1 Å². The molecule has 21 heavy (non-hydrogen) atoms. The average molecular weight is 286 g/mol. The van der Waals surface area contributed by atoms with Crippen LogP contribution >= 0.6 is 0 Å². The molecule has 2 fully saturated rings. The number of benzene rings is 1. The maximum atomic E-state index is 3.88. The minimum absolute atomic E-state index is 0.735. The maximum Gasteiger partial charge on any atom is 0.0111 e. The van der Waals surface area contributed by atoms with Crippen LogP contribution in [0.15, 0.2) is 24.3 Å². The molecule has 1 aliphatic heterocycles. The normalized spacial score (nSPS) is 29.7. The summed E-state index contributed by atoms with van der Waals surface area (Å²) < 4.78 is 0. The van der Waals surface area contributed by atoms with Gasteiger partial charge in [0.2, 0.25) is 0 Å². The molecule has 0 spiro atoms. The lowest BCUT2D eigenvalue weighted by Crippen LogP contribution is -2.47. The molecular weight excluding hydrogens is 256 g/mol. The lowest BCUT2D eigenvalue weighted by Gasteiger charge is -2.36. The highest BCUT2D eigenvalue weighted by Crippen LogP contribution is 2.30. The summed E-state index contributed by atoms with van der Waals surface area (Å²) in [6.07, 6.45) is 9.54. The molecule has 1 saturated heterocycles. The minimum atomic E-state index is 0.735. The van der Waals surface area contributed by atoms with Gasteiger partial charge >= 0.3 is 0 Å². The van der Waals surface area contributed by atoms with E-state index in [1.165, 1.54) is 56.2 Å². The molecule has 1 aliphatic carbocycles. The van der Waals surface area contributed by atoms with E-state index < -0.39 is 0 Å². The molecule has 1 heterocycles. The van der Waals surface area contributed by atoms with E-state index in [1.54, 1.807) is 0 Å². The third-order valence-corrected chi connectivity index (χ3v) is 5.34. The first-order valence-electron chi connectivity index (χ1n) is 8.85. The van der Waals surface area contributed by atoms with Crippen LogP contribution in [-0.2, 0) is 6.42 Å². The Morgan fingerprint density at radius 3 is 2.86 bits per heavy atom. The predicted octanol–water partition coefficient (Wildman–Crippen LogP) is 3.44. The zero-order valence-corrected chi connectivity index (χ0v) is 13.4. The van der Waals surface area contributed by atoms with Crippen molar-refractivity contribution in [3.05, 3.63) is 35.4 Å². The number of hydrogen-bond acceptors (Lipinski definition) is 2. The fourth-order valence-electron chi connectivity index (χ4n) is 4.24. The van der Waals surface area contributed by atoms with Crippen molar-refractivity contribution in [2.24, 2.45) is 5.92 Å². The lowest BCUT2D eigenvalue weighted by molar-refractivity contribution is 0.216. The largest absolute Gasteiger partial charge is 0.314 e. The molecule has 2 heteroatoms. The number of aryl methyl sites for hydroxylation is 1. The van der Waals surface area contributed by atoms with Gasteiger partial charge in [-0.1, -0.05) is 42.7 Å². The summed E-state index contributed by atoms with van der Waals surface area (Å²) >= 11 is 0. The quantitative estimate of drug-likeness (QED) is 0.866. The standard InChI is InChI=1S/C19H30N2/c1-15-6-4-7-16(14-15)11-13-21-18-9-3-2-8-17(18)19-10-5-12-20-19/h4,6-7,14,17-21H,2-3,5,8-13H2,1H3. The summed E-state index contributed by atoms with van der Waals surface area (Å²) in [5, 5.41) is 7.61. The zero-order valence-electron chi connectivity index (χ0n) is 13.4. The van der Waals surface area contributed by atoms with Gasteiger partial charge in [-0.2, -0.15) is 0 Å². The van der Waals surface area contributed by atoms with Crippen LogP contribution in [0.1, 0.15) is 49.7 Å². The second-order valence-electron chi connectivity index (χ2n) is 6.95. The molecule has 1 saturated carbocycles. The second-order valence-corrected chi connectivity index (χ2v) is 6.95. The molecule has 2 nitrogen and oxygen atoms in total. The number of rotatable bonds is 5. The minimum Gasteiger partial charge on any atom is -0.314 e. The summed E-state index contributed by atoms with van der Waals surface area (Å²) in [6, 6.07) is 10.4. The number of hydrogen-bond donors (Lipinski definition) is 2. The van der Waals surface area contributed by atoms with Crippen LogP contribution in [0.3, 0.4) is 0 Å². The van der Waals surface area contributed by atoms with Crippen LogP contribution in [0.4, 0.5) is 0 Å². The van der Waals surface area contributed by atoms with Crippen molar-refractivity contribution in [2.75, 3.05) is 13.1 Å². The van der Waals surface area contributed by atoms with Gasteiger partial charge in [0.25, 0.3) is 0 Å².